The Hall–Kier alpha value is -4.58. The van der Waals surface area contributed by atoms with Gasteiger partial charge in [-0.15, -0.1) is 0 Å². The summed E-state index contributed by atoms with van der Waals surface area (Å²) in [5, 5.41) is 0. The van der Waals surface area contributed by atoms with Crippen molar-refractivity contribution in [3.8, 4) is 22.9 Å². The number of benzene rings is 2. The molecular formula is C34H40N6O5S. The number of amides is 1. The summed E-state index contributed by atoms with van der Waals surface area (Å²) >= 11 is 0. The number of rotatable bonds is 7. The molecule has 46 heavy (non-hydrogen) atoms. The molecule has 6 rings (SSSR count). The molecule has 12 heteroatoms. The smallest absolute Gasteiger partial charge is 0.264 e. The predicted molar refractivity (Wildman–Crippen MR) is 175 cm³/mol. The van der Waals surface area contributed by atoms with Gasteiger partial charge in [-0.05, 0) is 69.4 Å². The minimum Gasteiger partial charge on any atom is -0.488 e. The quantitative estimate of drug-likeness (QED) is 0.258. The van der Waals surface area contributed by atoms with Crippen molar-refractivity contribution in [2.75, 3.05) is 11.3 Å². The van der Waals surface area contributed by atoms with Crippen LogP contribution in [0.1, 0.15) is 68.3 Å². The molecule has 1 saturated carbocycles. The summed E-state index contributed by atoms with van der Waals surface area (Å²) in [6, 6.07) is 13.3. The number of hydrogen-bond donors (Lipinski definition) is 1. The van der Waals surface area contributed by atoms with Gasteiger partial charge >= 0.3 is 0 Å². The Morgan fingerprint density at radius 1 is 1.04 bits per heavy atom. The zero-order chi connectivity index (χ0) is 32.4. The lowest BCUT2D eigenvalue weighted by molar-refractivity contribution is 0.0504. The van der Waals surface area contributed by atoms with Crippen molar-refractivity contribution in [2.24, 2.45) is 5.92 Å². The number of ether oxygens (including phenoxy) is 2. The lowest BCUT2D eigenvalue weighted by atomic mass is 9.80. The normalized spacial score (nSPS) is 18.0. The second kappa shape index (κ2) is 13.0. The van der Waals surface area contributed by atoms with E-state index in [4.69, 9.17) is 9.47 Å². The van der Waals surface area contributed by atoms with E-state index in [1.165, 1.54) is 12.1 Å². The van der Waals surface area contributed by atoms with Gasteiger partial charge < -0.3 is 14.4 Å². The summed E-state index contributed by atoms with van der Waals surface area (Å²) in [5.41, 5.74) is 3.58. The van der Waals surface area contributed by atoms with Gasteiger partial charge in [0.1, 0.15) is 12.4 Å². The number of nitrogens with zero attached hydrogens (tertiary/aromatic N) is 5. The molecule has 1 atom stereocenters. The molecule has 3 heterocycles. The minimum atomic E-state index is -4.16. The molecule has 2 aromatic heterocycles. The molecular weight excluding hydrogens is 604 g/mol. The Morgan fingerprint density at radius 2 is 1.76 bits per heavy atom. The van der Waals surface area contributed by atoms with Gasteiger partial charge in [-0.3, -0.25) is 4.79 Å². The lowest BCUT2D eigenvalue weighted by Gasteiger charge is -2.36. The second-order valence-electron chi connectivity index (χ2n) is 12.2. The van der Waals surface area contributed by atoms with Crippen molar-refractivity contribution in [1.82, 2.24) is 24.8 Å². The predicted octanol–water partition coefficient (Wildman–Crippen LogP) is 5.98. The SMILES string of the molecule is Cc1cccc(C)c1-c1cc2nc(n1)NS(=O)(=O)c1cccc(c1)C(=O)N(Cc1ncc(OC(C)C)cn1)[C@H](CC1CCC1)CO2.[HH]. The van der Waals surface area contributed by atoms with E-state index in [0.717, 1.165) is 36.0 Å². The van der Waals surface area contributed by atoms with Gasteiger partial charge in [0, 0.05) is 18.6 Å². The van der Waals surface area contributed by atoms with Gasteiger partial charge in [0.25, 0.3) is 15.9 Å². The summed E-state index contributed by atoms with van der Waals surface area (Å²) in [4.78, 5) is 33.9. The topological polar surface area (TPSA) is 136 Å². The first-order valence-electron chi connectivity index (χ1n) is 15.6. The first kappa shape index (κ1) is 31.4. The Kier molecular flexibility index (Phi) is 8.90. The van der Waals surface area contributed by atoms with Crippen molar-refractivity contribution in [3.05, 3.63) is 83.4 Å². The van der Waals surface area contributed by atoms with Crippen LogP contribution in [-0.2, 0) is 16.6 Å². The molecule has 0 spiro atoms. The second-order valence-corrected chi connectivity index (χ2v) is 13.9. The van der Waals surface area contributed by atoms with Gasteiger partial charge in [0.2, 0.25) is 11.8 Å². The Morgan fingerprint density at radius 3 is 2.43 bits per heavy atom. The first-order chi connectivity index (χ1) is 22.1. The summed E-state index contributed by atoms with van der Waals surface area (Å²) < 4.78 is 41.8. The number of sulfonamides is 1. The highest BCUT2D eigenvalue weighted by Gasteiger charge is 2.32. The molecule has 2 aliphatic rings. The van der Waals surface area contributed by atoms with E-state index in [9.17, 15) is 13.2 Å². The molecule has 11 nitrogen and oxygen atoms in total. The maximum absolute atomic E-state index is 14.3. The number of anilines is 1. The molecule has 0 saturated heterocycles. The third kappa shape index (κ3) is 6.96. The Labute approximate surface area is 271 Å². The van der Waals surface area contributed by atoms with Crippen molar-refractivity contribution >= 4 is 21.9 Å². The largest absolute Gasteiger partial charge is 0.488 e. The number of fused-ring (bicyclic) bond motifs is 4. The fourth-order valence-corrected chi connectivity index (χ4v) is 6.88. The van der Waals surface area contributed by atoms with Crippen LogP contribution in [0, 0.1) is 19.8 Å². The van der Waals surface area contributed by atoms with E-state index in [0.29, 0.717) is 29.6 Å². The van der Waals surface area contributed by atoms with Crippen LogP contribution >= 0.6 is 0 Å². The molecule has 2 aromatic carbocycles. The third-order valence-corrected chi connectivity index (χ3v) is 9.70. The highest BCUT2D eigenvalue weighted by molar-refractivity contribution is 7.92. The van der Waals surface area contributed by atoms with Crippen LogP contribution in [0.4, 0.5) is 5.95 Å². The number of hydrogen-bond acceptors (Lipinski definition) is 9. The van der Waals surface area contributed by atoms with Crippen molar-refractivity contribution in [2.45, 2.75) is 77.0 Å². The molecule has 1 aliphatic heterocycles. The summed E-state index contributed by atoms with van der Waals surface area (Å²) in [6.45, 7) is 8.03. The number of aromatic nitrogens is 4. The van der Waals surface area contributed by atoms with Crippen LogP contribution in [0.5, 0.6) is 11.6 Å². The van der Waals surface area contributed by atoms with Gasteiger partial charge in [-0.1, -0.05) is 43.5 Å². The summed E-state index contributed by atoms with van der Waals surface area (Å²) in [5.74, 6) is 1.14. The zero-order valence-electron chi connectivity index (χ0n) is 26.4. The number of aryl methyl sites for hydroxylation is 2. The molecule has 1 aliphatic carbocycles. The van der Waals surface area contributed by atoms with Crippen LogP contribution in [0.25, 0.3) is 11.3 Å². The lowest BCUT2D eigenvalue weighted by Crippen LogP contribution is -2.45. The van der Waals surface area contributed by atoms with E-state index in [2.05, 4.69) is 24.7 Å². The van der Waals surface area contributed by atoms with Crippen molar-refractivity contribution in [1.29, 1.82) is 0 Å². The fraction of sp³-hybridized carbons (Fsp3) is 0.382. The highest BCUT2D eigenvalue weighted by atomic mass is 32.2. The monoisotopic (exact) mass is 644 g/mol. The molecule has 242 valence electrons. The van der Waals surface area contributed by atoms with E-state index in [1.807, 2.05) is 45.9 Å². The average molecular weight is 645 g/mol. The Balaban J connectivity index is 0.00000433. The molecule has 1 fully saturated rings. The van der Waals surface area contributed by atoms with Crippen molar-refractivity contribution in [3.63, 3.8) is 0 Å². The van der Waals surface area contributed by atoms with Gasteiger partial charge in [-0.25, -0.2) is 28.1 Å². The van der Waals surface area contributed by atoms with Crippen LogP contribution in [0.3, 0.4) is 0 Å². The molecule has 4 aromatic rings. The van der Waals surface area contributed by atoms with E-state index < -0.39 is 10.0 Å². The number of carbonyl (C=O) groups is 1. The average Bonchev–Trinajstić information content (AvgIpc) is 2.99. The standard InChI is InChI=1S/C34H38N6O5S.H2/c1-21(2)45-27-17-35-30(36-18-27)19-40-26(14-24-10-6-11-24)20-44-31-16-29(32-22(3)8-5-9-23(32)4)37-34(38-31)39-46(42,43)28-13-7-12-25(15-28)33(40)41;/h5,7-9,12-13,15-18,21,24,26H,6,10-11,14,19-20H2,1-4H3,(H,37,38,39);1H/t26-;/m1./s1. The van der Waals surface area contributed by atoms with Gasteiger partial charge in [0.15, 0.2) is 5.75 Å². The number of nitrogens with one attached hydrogen (secondary N) is 1. The molecule has 1 amide bonds. The highest BCUT2D eigenvalue weighted by Crippen LogP contribution is 2.34. The van der Waals surface area contributed by atoms with Crippen molar-refractivity contribution < 1.29 is 24.1 Å². The van der Waals surface area contributed by atoms with E-state index in [-0.39, 0.29) is 54.9 Å². The number of carbonyl (C=O) groups excluding carboxylic acids is 1. The molecule has 0 unspecified atom stereocenters. The fourth-order valence-electron chi connectivity index (χ4n) is 5.89. The summed E-state index contributed by atoms with van der Waals surface area (Å²) in [7, 11) is -4.16. The molecule has 1 N–H and O–H groups in total. The van der Waals surface area contributed by atoms with Gasteiger partial charge in [0.05, 0.1) is 41.7 Å². The van der Waals surface area contributed by atoms with Crippen LogP contribution in [-0.4, -0.2) is 57.9 Å². The van der Waals surface area contributed by atoms with Gasteiger partial charge in [-0.2, -0.15) is 4.98 Å². The minimum absolute atomic E-state index is 0. The maximum atomic E-state index is 14.3. The molecule has 0 radical (unpaired) electrons. The van der Waals surface area contributed by atoms with Crippen LogP contribution < -0.4 is 14.2 Å². The molecule has 4 bridgehead atoms. The van der Waals surface area contributed by atoms with E-state index >= 15 is 0 Å². The third-order valence-electron chi connectivity index (χ3n) is 8.38. The van der Waals surface area contributed by atoms with Crippen LogP contribution in [0.15, 0.2) is 65.8 Å². The first-order valence-corrected chi connectivity index (χ1v) is 17.0. The summed E-state index contributed by atoms with van der Waals surface area (Å²) in [6.07, 6.45) is 7.16. The van der Waals surface area contributed by atoms with Crippen LogP contribution in [0.2, 0.25) is 0 Å². The van der Waals surface area contributed by atoms with E-state index in [1.54, 1.807) is 35.5 Å². The Bertz CT molecular complexity index is 1830. The zero-order valence-corrected chi connectivity index (χ0v) is 27.3. The maximum Gasteiger partial charge on any atom is 0.264 e.